The van der Waals surface area contributed by atoms with Crippen molar-refractivity contribution in [2.24, 2.45) is 0 Å². The number of halogens is 3. The number of aryl methyl sites for hydroxylation is 2. The largest absolute Gasteiger partial charge is 0.480 e. The van der Waals surface area contributed by atoms with Crippen LogP contribution in [0.4, 0.5) is 19.0 Å². The van der Waals surface area contributed by atoms with E-state index >= 15 is 0 Å². The average molecular weight is 537 g/mol. The molecule has 0 spiro atoms. The molecule has 1 aromatic heterocycles. The Kier molecular flexibility index (Phi) is 10.9. The van der Waals surface area contributed by atoms with Gasteiger partial charge >= 0.3 is 11.9 Å². The van der Waals surface area contributed by atoms with E-state index in [9.17, 15) is 27.9 Å². The highest BCUT2D eigenvalue weighted by Crippen LogP contribution is 2.28. The molecule has 8 nitrogen and oxygen atoms in total. The lowest BCUT2D eigenvalue weighted by Gasteiger charge is -2.25. The van der Waals surface area contributed by atoms with E-state index in [-0.39, 0.29) is 13.0 Å². The van der Waals surface area contributed by atoms with E-state index in [4.69, 9.17) is 9.72 Å². The van der Waals surface area contributed by atoms with Crippen molar-refractivity contribution in [3.05, 3.63) is 59.0 Å². The molecule has 3 rings (SSSR count). The third-order valence-corrected chi connectivity index (χ3v) is 6.55. The number of methoxy groups -OCH3 is 1. The van der Waals surface area contributed by atoms with Crippen LogP contribution in [0.2, 0.25) is 0 Å². The highest BCUT2D eigenvalue weighted by molar-refractivity contribution is 5.88. The third-order valence-electron chi connectivity index (χ3n) is 6.55. The first-order valence-corrected chi connectivity index (χ1v) is 12.8. The number of nitrogens with zero attached hydrogens (tertiary/aromatic N) is 2. The highest BCUT2D eigenvalue weighted by atomic mass is 19.3. The lowest BCUT2D eigenvalue weighted by molar-refractivity contribution is -0.152. The molecule has 0 saturated heterocycles. The van der Waals surface area contributed by atoms with Gasteiger partial charge in [-0.2, -0.15) is 8.78 Å². The Bertz CT molecular complexity index is 1070. The van der Waals surface area contributed by atoms with Gasteiger partial charge in [-0.05, 0) is 81.0 Å². The number of carboxylic acids is 1. The van der Waals surface area contributed by atoms with Crippen LogP contribution < -0.4 is 10.6 Å². The van der Waals surface area contributed by atoms with Gasteiger partial charge in [0.2, 0.25) is 0 Å². The summed E-state index contributed by atoms with van der Waals surface area (Å²) in [7, 11) is 1.56. The number of carboxylic acid groups (broad SMARTS) is 1. The number of amides is 1. The van der Waals surface area contributed by atoms with Gasteiger partial charge in [-0.3, -0.25) is 4.79 Å². The molecule has 2 heterocycles. The van der Waals surface area contributed by atoms with Crippen molar-refractivity contribution >= 4 is 17.7 Å². The number of rotatable bonds is 15. The van der Waals surface area contributed by atoms with Crippen LogP contribution in [0.1, 0.15) is 42.5 Å². The molecule has 3 N–H and O–H groups in total. The van der Waals surface area contributed by atoms with Crippen LogP contribution in [0.25, 0.3) is 0 Å². The number of ether oxygens (including phenoxy) is 1. The van der Waals surface area contributed by atoms with Gasteiger partial charge in [0.25, 0.3) is 5.91 Å². The summed E-state index contributed by atoms with van der Waals surface area (Å²) in [6, 6.07) is 5.90. The first kappa shape index (κ1) is 29.4. The Balaban J connectivity index is 1.50. The summed E-state index contributed by atoms with van der Waals surface area (Å²) in [4.78, 5) is 30.7. The van der Waals surface area contributed by atoms with Crippen LogP contribution in [0.3, 0.4) is 0 Å². The third kappa shape index (κ3) is 8.42. The normalized spacial score (nSPS) is 14.0. The summed E-state index contributed by atoms with van der Waals surface area (Å²) in [6.07, 6.45) is 4.57. The van der Waals surface area contributed by atoms with Gasteiger partial charge in [-0.15, -0.1) is 0 Å². The number of alkyl halides is 2. The van der Waals surface area contributed by atoms with Gasteiger partial charge < -0.3 is 25.4 Å². The van der Waals surface area contributed by atoms with E-state index in [1.165, 1.54) is 5.56 Å². The number of pyridine rings is 1. The number of unbranched alkanes of at least 4 members (excludes halogenated alkanes) is 1. The lowest BCUT2D eigenvalue weighted by Crippen LogP contribution is -2.48. The molecule has 1 atom stereocenters. The summed E-state index contributed by atoms with van der Waals surface area (Å²) in [5.41, 5.74) is 1.53. The van der Waals surface area contributed by atoms with E-state index in [1.54, 1.807) is 7.11 Å². The topological polar surface area (TPSA) is 104 Å². The van der Waals surface area contributed by atoms with Crippen molar-refractivity contribution < 1.29 is 32.6 Å². The standard InChI is InChI=1S/C27H35F3N4O4/c1-38-18-17-34(15-3-2-6-22-12-7-19-5-4-14-31-24(19)32-22)16-13-23(25(35)36)33-26(37)27(29,30)20-8-10-21(28)11-9-20/h7-12,23H,2-6,13-18H2,1H3,(H,31,32)(H,33,37)(H,35,36). The highest BCUT2D eigenvalue weighted by Gasteiger charge is 2.42. The fourth-order valence-corrected chi connectivity index (χ4v) is 4.31. The maximum absolute atomic E-state index is 14.5. The van der Waals surface area contributed by atoms with Crippen molar-refractivity contribution in [1.29, 1.82) is 0 Å². The number of carbonyl (C=O) groups is 2. The van der Waals surface area contributed by atoms with E-state index in [2.05, 4.69) is 17.4 Å². The molecule has 0 bridgehead atoms. The Hall–Kier alpha value is -3.18. The smallest absolute Gasteiger partial charge is 0.349 e. The molecule has 1 aliphatic rings. The van der Waals surface area contributed by atoms with E-state index < -0.39 is 35.2 Å². The van der Waals surface area contributed by atoms with E-state index in [0.717, 1.165) is 74.4 Å². The summed E-state index contributed by atoms with van der Waals surface area (Å²) in [6.45, 7) is 2.80. The maximum atomic E-state index is 14.5. The Morgan fingerprint density at radius 2 is 1.92 bits per heavy atom. The average Bonchev–Trinajstić information content (AvgIpc) is 2.91. The Morgan fingerprint density at radius 1 is 1.16 bits per heavy atom. The van der Waals surface area contributed by atoms with Crippen molar-refractivity contribution in [1.82, 2.24) is 15.2 Å². The predicted octanol–water partition coefficient (Wildman–Crippen LogP) is 3.60. The number of hydrogen-bond acceptors (Lipinski definition) is 6. The van der Waals surface area contributed by atoms with Crippen molar-refractivity contribution in [3.63, 3.8) is 0 Å². The second kappa shape index (κ2) is 14.1. The first-order valence-electron chi connectivity index (χ1n) is 12.8. The first-order chi connectivity index (χ1) is 18.2. The minimum absolute atomic E-state index is 0.0671. The molecule has 1 unspecified atom stereocenters. The number of benzene rings is 1. The summed E-state index contributed by atoms with van der Waals surface area (Å²) < 4.78 is 47.3. The molecule has 38 heavy (non-hydrogen) atoms. The molecular weight excluding hydrogens is 501 g/mol. The van der Waals surface area contributed by atoms with E-state index in [1.807, 2.05) is 10.2 Å². The maximum Gasteiger partial charge on any atom is 0.349 e. The minimum atomic E-state index is -4.00. The number of fused-ring (bicyclic) bond motifs is 1. The molecule has 0 fully saturated rings. The molecule has 1 aliphatic heterocycles. The number of nitrogens with one attached hydrogen (secondary N) is 2. The SMILES string of the molecule is COCCN(CCCCc1ccc2c(n1)NCCC2)CCC(NC(=O)C(F)(F)c1ccc(F)cc1)C(=O)O. The van der Waals surface area contributed by atoms with Gasteiger partial charge in [0.1, 0.15) is 17.7 Å². The van der Waals surface area contributed by atoms with Gasteiger partial charge in [0.15, 0.2) is 0 Å². The van der Waals surface area contributed by atoms with Crippen molar-refractivity contribution in [2.75, 3.05) is 45.2 Å². The zero-order valence-corrected chi connectivity index (χ0v) is 21.5. The fourth-order valence-electron chi connectivity index (χ4n) is 4.31. The molecule has 0 radical (unpaired) electrons. The number of anilines is 1. The fraction of sp³-hybridized carbons (Fsp3) is 0.519. The number of hydrogen-bond donors (Lipinski definition) is 3. The quantitative estimate of drug-likeness (QED) is 0.299. The predicted molar refractivity (Wildman–Crippen MR) is 137 cm³/mol. The Labute approximate surface area is 220 Å². The zero-order valence-electron chi connectivity index (χ0n) is 21.5. The summed E-state index contributed by atoms with van der Waals surface area (Å²) in [5, 5.41) is 14.8. The number of aliphatic carboxylic acids is 1. The molecule has 2 aromatic rings. The van der Waals surface area contributed by atoms with Gasteiger partial charge in [0.05, 0.1) is 6.61 Å². The minimum Gasteiger partial charge on any atom is -0.480 e. The van der Waals surface area contributed by atoms with Crippen molar-refractivity contribution in [3.8, 4) is 0 Å². The summed E-state index contributed by atoms with van der Waals surface area (Å²) in [5.74, 6) is -6.92. The molecule has 1 aromatic carbocycles. The zero-order chi connectivity index (χ0) is 27.5. The number of carbonyl (C=O) groups excluding carboxylic acids is 1. The van der Waals surface area contributed by atoms with Gasteiger partial charge in [-0.25, -0.2) is 14.2 Å². The van der Waals surface area contributed by atoms with Crippen LogP contribution >= 0.6 is 0 Å². The second-order valence-corrected chi connectivity index (χ2v) is 9.37. The molecule has 0 aliphatic carbocycles. The van der Waals surface area contributed by atoms with E-state index in [0.29, 0.717) is 19.7 Å². The van der Waals surface area contributed by atoms with Gasteiger partial charge in [-0.1, -0.05) is 6.07 Å². The van der Waals surface area contributed by atoms with Crippen LogP contribution in [0.15, 0.2) is 36.4 Å². The molecule has 1 amide bonds. The van der Waals surface area contributed by atoms with Crippen LogP contribution in [0, 0.1) is 5.82 Å². The Morgan fingerprint density at radius 3 is 2.63 bits per heavy atom. The molecule has 0 saturated carbocycles. The van der Waals surface area contributed by atoms with Crippen LogP contribution in [0.5, 0.6) is 0 Å². The monoisotopic (exact) mass is 536 g/mol. The molecular formula is C27H35F3N4O4. The molecule has 208 valence electrons. The van der Waals surface area contributed by atoms with Gasteiger partial charge in [0, 0.05) is 38.0 Å². The van der Waals surface area contributed by atoms with Crippen LogP contribution in [-0.4, -0.2) is 72.8 Å². The summed E-state index contributed by atoms with van der Waals surface area (Å²) >= 11 is 0. The van der Waals surface area contributed by atoms with Crippen LogP contribution in [-0.2, 0) is 33.1 Å². The lowest BCUT2D eigenvalue weighted by atomic mass is 10.1. The van der Waals surface area contributed by atoms with Crippen molar-refractivity contribution in [2.45, 2.75) is 50.5 Å². The second-order valence-electron chi connectivity index (χ2n) is 9.37. The number of aromatic nitrogens is 1. The molecule has 11 heteroatoms.